The van der Waals surface area contributed by atoms with Crippen LogP contribution in [0.5, 0.6) is 11.5 Å². The number of ketones is 1. The summed E-state index contributed by atoms with van der Waals surface area (Å²) in [4.78, 5) is 24.3. The molecule has 1 heterocycles. The minimum Gasteiger partial charge on any atom is -0.486 e. The van der Waals surface area contributed by atoms with Crippen molar-refractivity contribution in [2.45, 2.75) is 19.3 Å². The topological polar surface area (TPSA) is 88.4 Å². The summed E-state index contributed by atoms with van der Waals surface area (Å²) >= 11 is 0. The Balaban J connectivity index is 1.49. The Kier molecular flexibility index (Phi) is 5.49. The molecular weight excluding hydrogens is 332 g/mol. The molecule has 2 aromatic carbocycles. The molecule has 0 unspecified atom stereocenters. The quantitative estimate of drug-likeness (QED) is 0.807. The Hall–Kier alpha value is -3.33. The van der Waals surface area contributed by atoms with Gasteiger partial charge in [-0.1, -0.05) is 6.07 Å². The predicted molar refractivity (Wildman–Crippen MR) is 95.4 cm³/mol. The first-order chi connectivity index (χ1) is 12.7. The average Bonchev–Trinajstić information content (AvgIpc) is 2.67. The van der Waals surface area contributed by atoms with E-state index in [9.17, 15) is 9.59 Å². The molecule has 6 heteroatoms. The van der Waals surface area contributed by atoms with Crippen LogP contribution in [0.25, 0.3) is 0 Å². The number of amides is 1. The van der Waals surface area contributed by atoms with Gasteiger partial charge in [-0.15, -0.1) is 0 Å². The van der Waals surface area contributed by atoms with Gasteiger partial charge in [-0.2, -0.15) is 5.26 Å². The van der Waals surface area contributed by atoms with Crippen LogP contribution in [0.4, 0.5) is 5.69 Å². The number of carbonyl (C=O) groups is 2. The monoisotopic (exact) mass is 350 g/mol. The highest BCUT2D eigenvalue weighted by Gasteiger charge is 2.15. The molecule has 26 heavy (non-hydrogen) atoms. The molecule has 6 nitrogen and oxygen atoms in total. The van der Waals surface area contributed by atoms with Gasteiger partial charge in [-0.05, 0) is 42.8 Å². The molecule has 0 fully saturated rings. The maximum absolute atomic E-state index is 12.3. The van der Waals surface area contributed by atoms with Crippen molar-refractivity contribution in [1.29, 1.82) is 5.26 Å². The van der Waals surface area contributed by atoms with Crippen molar-refractivity contribution in [3.05, 3.63) is 53.6 Å². The van der Waals surface area contributed by atoms with Gasteiger partial charge in [0.1, 0.15) is 13.2 Å². The lowest BCUT2D eigenvalue weighted by Crippen LogP contribution is -2.16. The number of nitriles is 1. The van der Waals surface area contributed by atoms with Gasteiger partial charge < -0.3 is 14.8 Å². The van der Waals surface area contributed by atoms with Crippen LogP contribution >= 0.6 is 0 Å². The molecule has 0 saturated carbocycles. The third kappa shape index (κ3) is 4.39. The second-order valence-corrected chi connectivity index (χ2v) is 5.88. The molecule has 0 aliphatic carbocycles. The number of benzene rings is 2. The van der Waals surface area contributed by atoms with Gasteiger partial charge in [-0.3, -0.25) is 9.59 Å². The van der Waals surface area contributed by atoms with E-state index in [4.69, 9.17) is 14.7 Å². The van der Waals surface area contributed by atoms with E-state index in [-0.39, 0.29) is 24.5 Å². The van der Waals surface area contributed by atoms with Crippen molar-refractivity contribution < 1.29 is 19.1 Å². The summed E-state index contributed by atoms with van der Waals surface area (Å²) < 4.78 is 10.9. The number of nitrogens with zero attached hydrogens (tertiary/aromatic N) is 1. The normalized spacial score (nSPS) is 12.1. The van der Waals surface area contributed by atoms with Gasteiger partial charge in [-0.25, -0.2) is 0 Å². The van der Waals surface area contributed by atoms with E-state index in [1.165, 1.54) is 0 Å². The van der Waals surface area contributed by atoms with Gasteiger partial charge in [0.2, 0.25) is 5.91 Å². The third-order valence-electron chi connectivity index (χ3n) is 3.95. The predicted octanol–water partition coefficient (Wildman–Crippen LogP) is 3.32. The second kappa shape index (κ2) is 8.17. The van der Waals surface area contributed by atoms with Crippen LogP contribution in [0.3, 0.4) is 0 Å². The van der Waals surface area contributed by atoms with Gasteiger partial charge in [0.05, 0.1) is 11.6 Å². The lowest BCUT2D eigenvalue weighted by molar-refractivity contribution is -0.116. The standard InChI is InChI=1S/C20H18N2O4/c21-13-14-3-1-4-16(11-14)22-20(24)6-2-5-17(23)15-7-8-18-19(12-15)26-10-9-25-18/h1,3-4,7-8,11-12H,2,5-6,9-10H2,(H,22,24). The molecule has 1 aliphatic heterocycles. The van der Waals surface area contributed by atoms with Crippen LogP contribution in [-0.2, 0) is 4.79 Å². The number of ether oxygens (including phenoxy) is 2. The minimum absolute atomic E-state index is 0.0405. The van der Waals surface area contributed by atoms with Gasteiger partial charge in [0, 0.05) is 24.1 Å². The van der Waals surface area contributed by atoms with Crippen LogP contribution in [0.1, 0.15) is 35.2 Å². The summed E-state index contributed by atoms with van der Waals surface area (Å²) in [6.07, 6.45) is 0.940. The molecule has 1 aliphatic rings. The van der Waals surface area contributed by atoms with Crippen molar-refractivity contribution in [1.82, 2.24) is 0 Å². The van der Waals surface area contributed by atoms with Crippen molar-refractivity contribution in [3.8, 4) is 17.6 Å². The SMILES string of the molecule is N#Cc1cccc(NC(=O)CCCC(=O)c2ccc3c(c2)OCCO3)c1. The molecule has 132 valence electrons. The van der Waals surface area contributed by atoms with Crippen LogP contribution in [0.15, 0.2) is 42.5 Å². The number of hydrogen-bond acceptors (Lipinski definition) is 5. The van der Waals surface area contributed by atoms with Crippen molar-refractivity contribution in [2.75, 3.05) is 18.5 Å². The van der Waals surface area contributed by atoms with Crippen LogP contribution in [0, 0.1) is 11.3 Å². The number of carbonyl (C=O) groups excluding carboxylic acids is 2. The zero-order valence-corrected chi connectivity index (χ0v) is 14.2. The molecule has 2 aromatic rings. The smallest absolute Gasteiger partial charge is 0.224 e. The fourth-order valence-corrected chi connectivity index (χ4v) is 2.66. The largest absolute Gasteiger partial charge is 0.486 e. The molecule has 3 rings (SSSR count). The van der Waals surface area contributed by atoms with E-state index in [0.29, 0.717) is 47.9 Å². The Morgan fingerprint density at radius 3 is 2.65 bits per heavy atom. The zero-order valence-electron chi connectivity index (χ0n) is 14.2. The summed E-state index contributed by atoms with van der Waals surface area (Å²) in [5.41, 5.74) is 1.61. The fraction of sp³-hybridized carbons (Fsp3) is 0.250. The second-order valence-electron chi connectivity index (χ2n) is 5.88. The van der Waals surface area contributed by atoms with Crippen molar-refractivity contribution in [3.63, 3.8) is 0 Å². The third-order valence-corrected chi connectivity index (χ3v) is 3.95. The van der Waals surface area contributed by atoms with E-state index in [1.54, 1.807) is 42.5 Å². The molecule has 0 spiro atoms. The molecule has 0 saturated heterocycles. The number of Topliss-reactive ketones (excluding diaryl/α,β-unsaturated/α-hetero) is 1. The molecule has 0 radical (unpaired) electrons. The highest BCUT2D eigenvalue weighted by Crippen LogP contribution is 2.31. The zero-order chi connectivity index (χ0) is 18.4. The summed E-state index contributed by atoms with van der Waals surface area (Å²) in [7, 11) is 0. The maximum Gasteiger partial charge on any atom is 0.224 e. The molecular formula is C20H18N2O4. The summed E-state index contributed by atoms with van der Waals surface area (Å²) in [5, 5.41) is 11.6. The number of anilines is 1. The Morgan fingerprint density at radius 2 is 1.85 bits per heavy atom. The summed E-state index contributed by atoms with van der Waals surface area (Å²) in [5.74, 6) is 1.00. The summed E-state index contributed by atoms with van der Waals surface area (Å²) in [6, 6.07) is 13.9. The fourth-order valence-electron chi connectivity index (χ4n) is 2.66. The molecule has 0 aromatic heterocycles. The van der Waals surface area contributed by atoms with E-state index in [2.05, 4.69) is 5.32 Å². The van der Waals surface area contributed by atoms with Gasteiger partial charge >= 0.3 is 0 Å². The van der Waals surface area contributed by atoms with Crippen LogP contribution in [0.2, 0.25) is 0 Å². The number of nitrogens with one attached hydrogen (secondary N) is 1. The Labute approximate surface area is 151 Å². The van der Waals surface area contributed by atoms with E-state index in [1.807, 2.05) is 6.07 Å². The maximum atomic E-state index is 12.3. The minimum atomic E-state index is -0.185. The van der Waals surface area contributed by atoms with Crippen LogP contribution < -0.4 is 14.8 Å². The van der Waals surface area contributed by atoms with Crippen LogP contribution in [-0.4, -0.2) is 24.9 Å². The first-order valence-corrected chi connectivity index (χ1v) is 8.38. The average molecular weight is 350 g/mol. The Morgan fingerprint density at radius 1 is 1.04 bits per heavy atom. The molecule has 0 atom stereocenters. The molecule has 0 bridgehead atoms. The summed E-state index contributed by atoms with van der Waals surface area (Å²) in [6.45, 7) is 0.977. The van der Waals surface area contributed by atoms with E-state index in [0.717, 1.165) is 0 Å². The first-order valence-electron chi connectivity index (χ1n) is 8.38. The van der Waals surface area contributed by atoms with E-state index < -0.39 is 0 Å². The number of fused-ring (bicyclic) bond motifs is 1. The number of hydrogen-bond donors (Lipinski definition) is 1. The molecule has 1 amide bonds. The lowest BCUT2D eigenvalue weighted by atomic mass is 10.0. The lowest BCUT2D eigenvalue weighted by Gasteiger charge is -2.18. The van der Waals surface area contributed by atoms with Crippen molar-refractivity contribution in [2.24, 2.45) is 0 Å². The van der Waals surface area contributed by atoms with Gasteiger partial charge in [0.15, 0.2) is 17.3 Å². The Bertz CT molecular complexity index is 870. The number of rotatable bonds is 6. The van der Waals surface area contributed by atoms with E-state index >= 15 is 0 Å². The highest BCUT2D eigenvalue weighted by molar-refractivity contribution is 5.97. The molecule has 1 N–H and O–H groups in total. The van der Waals surface area contributed by atoms with Gasteiger partial charge in [0.25, 0.3) is 0 Å². The highest BCUT2D eigenvalue weighted by atomic mass is 16.6. The first kappa shape index (κ1) is 17.5. The van der Waals surface area contributed by atoms with Crippen molar-refractivity contribution >= 4 is 17.4 Å².